The van der Waals surface area contributed by atoms with Crippen LogP contribution in [0.25, 0.3) is 11.1 Å². The Bertz CT molecular complexity index is 2570. The molecule has 0 fully saturated rings. The van der Waals surface area contributed by atoms with E-state index in [2.05, 4.69) is 180 Å². The highest BCUT2D eigenvalue weighted by molar-refractivity contribution is 5.98. The summed E-state index contributed by atoms with van der Waals surface area (Å²) in [6.07, 6.45) is 16.2. The van der Waals surface area contributed by atoms with Gasteiger partial charge >= 0.3 is 0 Å². The van der Waals surface area contributed by atoms with Gasteiger partial charge in [0.1, 0.15) is 0 Å². The molecule has 1 unspecified atom stereocenters. The Morgan fingerprint density at radius 1 is 0.547 bits per heavy atom. The minimum Gasteiger partial charge on any atom is -0.310 e. The van der Waals surface area contributed by atoms with Crippen molar-refractivity contribution in [3.05, 3.63) is 214 Å². The Labute approximate surface area is 312 Å². The number of hydrogen-bond acceptors (Lipinski definition) is 2. The average Bonchev–Trinajstić information content (AvgIpc) is 3.52. The summed E-state index contributed by atoms with van der Waals surface area (Å²) in [6.45, 7) is 0. The van der Waals surface area contributed by atoms with Crippen molar-refractivity contribution in [1.82, 2.24) is 0 Å². The molecule has 6 aromatic carbocycles. The molecule has 0 aromatic heterocycles. The number of hydrogen-bond donors (Lipinski definition) is 0. The Balaban J connectivity index is 1.15. The second-order valence-electron chi connectivity index (χ2n) is 15.0. The Morgan fingerprint density at radius 3 is 2.19 bits per heavy atom. The Hall–Kier alpha value is -6.12. The third kappa shape index (κ3) is 4.45. The Morgan fingerprint density at radius 2 is 1.28 bits per heavy atom. The van der Waals surface area contributed by atoms with E-state index in [0.29, 0.717) is 0 Å². The van der Waals surface area contributed by atoms with Gasteiger partial charge in [0, 0.05) is 40.4 Å². The van der Waals surface area contributed by atoms with Crippen LogP contribution in [0, 0.1) is 0 Å². The molecule has 1 spiro atoms. The molecule has 0 bridgehead atoms. The fourth-order valence-corrected chi connectivity index (χ4v) is 10.2. The highest BCUT2D eigenvalue weighted by Gasteiger charge is 2.52. The van der Waals surface area contributed by atoms with Crippen molar-refractivity contribution in [2.75, 3.05) is 9.80 Å². The van der Waals surface area contributed by atoms with E-state index < -0.39 is 0 Å². The molecule has 1 aliphatic heterocycles. The van der Waals surface area contributed by atoms with Gasteiger partial charge in [0.25, 0.3) is 0 Å². The number of para-hydroxylation sites is 3. The highest BCUT2D eigenvalue weighted by Crippen LogP contribution is 2.64. The molecule has 0 saturated carbocycles. The first-order valence-corrected chi connectivity index (χ1v) is 19.2. The lowest BCUT2D eigenvalue weighted by Gasteiger charge is -2.44. The zero-order valence-corrected chi connectivity index (χ0v) is 29.8. The molecular formula is C51H40N2. The normalized spacial score (nSPS) is 19.0. The lowest BCUT2D eigenvalue weighted by Crippen LogP contribution is -2.35. The van der Waals surface area contributed by atoms with Crippen molar-refractivity contribution < 1.29 is 0 Å². The molecule has 2 nitrogen and oxygen atoms in total. The first-order valence-electron chi connectivity index (χ1n) is 19.2. The van der Waals surface area contributed by atoms with Crippen LogP contribution in [0.15, 0.2) is 192 Å². The number of benzene rings is 6. The maximum atomic E-state index is 2.52. The summed E-state index contributed by atoms with van der Waals surface area (Å²) in [6, 6.07) is 54.2. The van der Waals surface area contributed by atoms with E-state index >= 15 is 0 Å². The van der Waals surface area contributed by atoms with E-state index in [1.54, 1.807) is 11.1 Å². The number of rotatable bonds is 4. The predicted molar refractivity (Wildman–Crippen MR) is 220 cm³/mol. The van der Waals surface area contributed by atoms with Gasteiger partial charge in [0.2, 0.25) is 0 Å². The third-order valence-electron chi connectivity index (χ3n) is 12.3. The van der Waals surface area contributed by atoms with E-state index in [9.17, 15) is 0 Å². The van der Waals surface area contributed by atoms with E-state index in [1.165, 1.54) is 73.0 Å². The molecule has 4 aliphatic carbocycles. The molecule has 11 rings (SSSR count). The van der Waals surface area contributed by atoms with Crippen LogP contribution in [0.2, 0.25) is 0 Å². The van der Waals surface area contributed by atoms with Crippen LogP contribution in [0.3, 0.4) is 0 Å². The molecule has 53 heavy (non-hydrogen) atoms. The second-order valence-corrected chi connectivity index (χ2v) is 15.0. The van der Waals surface area contributed by atoms with Crippen LogP contribution in [0.4, 0.5) is 34.1 Å². The van der Waals surface area contributed by atoms with Crippen molar-refractivity contribution in [3.63, 3.8) is 0 Å². The standard InChI is InChI=1S/C51H40N2/c1-3-19-39(20-4-1)52(41-30-31-48-38(34-41)33-37-18-9-14-28-47(37)53(48)40-21-5-2-6-22-40)49-29-15-27-46-50(49)42-23-10-13-26-45(42)51(46)43-24-11-7-16-35(43)32-36-17-8-12-25-44(36)51/h1-7,9-10,12-16,18-23,25-31,34H,8,11,17,24,32-33H2. The van der Waals surface area contributed by atoms with E-state index in [1.807, 2.05) is 0 Å². The number of anilines is 6. The van der Waals surface area contributed by atoms with Gasteiger partial charge in [0.15, 0.2) is 0 Å². The van der Waals surface area contributed by atoms with Crippen LogP contribution in [-0.4, -0.2) is 0 Å². The molecule has 1 atom stereocenters. The van der Waals surface area contributed by atoms with Gasteiger partial charge in [-0.15, -0.1) is 0 Å². The lowest BCUT2D eigenvalue weighted by atomic mass is 9.58. The van der Waals surface area contributed by atoms with Gasteiger partial charge < -0.3 is 9.80 Å². The first kappa shape index (κ1) is 30.5. The molecule has 0 saturated heterocycles. The summed E-state index contributed by atoms with van der Waals surface area (Å²) in [4.78, 5) is 4.95. The predicted octanol–water partition coefficient (Wildman–Crippen LogP) is 13.5. The number of allylic oxidation sites excluding steroid dienone is 8. The number of nitrogens with zero attached hydrogens (tertiary/aromatic N) is 2. The van der Waals surface area contributed by atoms with Crippen molar-refractivity contribution in [3.8, 4) is 11.1 Å². The van der Waals surface area contributed by atoms with Crippen molar-refractivity contribution in [2.45, 2.75) is 43.9 Å². The third-order valence-corrected chi connectivity index (χ3v) is 12.3. The van der Waals surface area contributed by atoms with E-state index in [4.69, 9.17) is 0 Å². The molecule has 1 heterocycles. The fourth-order valence-electron chi connectivity index (χ4n) is 10.2. The molecule has 6 aromatic rings. The van der Waals surface area contributed by atoms with Crippen LogP contribution in [-0.2, 0) is 11.8 Å². The smallest absolute Gasteiger partial charge is 0.0679 e. The van der Waals surface area contributed by atoms with Gasteiger partial charge in [-0.1, -0.05) is 121 Å². The summed E-state index contributed by atoms with van der Waals surface area (Å²) in [5.41, 5.74) is 21.5. The minimum absolute atomic E-state index is 0.273. The Kier molecular flexibility index (Phi) is 6.89. The first-order chi connectivity index (χ1) is 26.3. The molecule has 2 heteroatoms. The second kappa shape index (κ2) is 12.0. The lowest BCUT2D eigenvalue weighted by molar-refractivity contribution is 0.633. The van der Waals surface area contributed by atoms with Crippen LogP contribution in [0.1, 0.15) is 54.4 Å². The summed E-state index contributed by atoms with van der Waals surface area (Å²) in [7, 11) is 0. The molecule has 0 radical (unpaired) electrons. The van der Waals surface area contributed by atoms with Crippen LogP contribution in [0.5, 0.6) is 0 Å². The van der Waals surface area contributed by atoms with Gasteiger partial charge in [-0.3, -0.25) is 0 Å². The SMILES string of the molecule is C1=CC2=C(CC1)CC1=C(CCC=C1)C21c2ccccc2-c2c(N(c3ccccc3)c3ccc4c(c3)Cc3ccccc3N4c3ccccc3)cccc21. The van der Waals surface area contributed by atoms with E-state index in [0.717, 1.165) is 44.2 Å². The monoisotopic (exact) mass is 680 g/mol. The molecule has 0 amide bonds. The molecular weight excluding hydrogens is 641 g/mol. The molecule has 5 aliphatic rings. The van der Waals surface area contributed by atoms with Crippen LogP contribution < -0.4 is 9.80 Å². The van der Waals surface area contributed by atoms with Crippen molar-refractivity contribution in [2.24, 2.45) is 0 Å². The maximum absolute atomic E-state index is 2.52. The van der Waals surface area contributed by atoms with Gasteiger partial charge in [-0.05, 0) is 131 Å². The molecule has 254 valence electrons. The number of fused-ring (bicyclic) bond motifs is 9. The zero-order valence-electron chi connectivity index (χ0n) is 29.8. The zero-order chi connectivity index (χ0) is 34.9. The van der Waals surface area contributed by atoms with Gasteiger partial charge in [0.05, 0.1) is 11.1 Å². The van der Waals surface area contributed by atoms with Crippen LogP contribution >= 0.6 is 0 Å². The quantitative estimate of drug-likeness (QED) is 0.183. The van der Waals surface area contributed by atoms with Crippen molar-refractivity contribution >= 4 is 34.1 Å². The minimum atomic E-state index is -0.273. The highest BCUT2D eigenvalue weighted by atomic mass is 15.2. The van der Waals surface area contributed by atoms with Crippen molar-refractivity contribution in [1.29, 1.82) is 0 Å². The summed E-state index contributed by atoms with van der Waals surface area (Å²) < 4.78 is 0. The average molecular weight is 681 g/mol. The largest absolute Gasteiger partial charge is 0.310 e. The van der Waals surface area contributed by atoms with E-state index in [-0.39, 0.29) is 5.41 Å². The molecule has 0 N–H and O–H groups in total. The maximum Gasteiger partial charge on any atom is 0.0679 e. The topological polar surface area (TPSA) is 6.48 Å². The van der Waals surface area contributed by atoms with Gasteiger partial charge in [-0.25, -0.2) is 0 Å². The summed E-state index contributed by atoms with van der Waals surface area (Å²) in [5, 5.41) is 0. The van der Waals surface area contributed by atoms with Gasteiger partial charge in [-0.2, -0.15) is 0 Å². The summed E-state index contributed by atoms with van der Waals surface area (Å²) in [5.74, 6) is 0. The summed E-state index contributed by atoms with van der Waals surface area (Å²) >= 11 is 0. The fraction of sp³-hybridized carbons (Fsp3) is 0.137.